The zero-order chi connectivity index (χ0) is 18.0. The smallest absolute Gasteiger partial charge is 0.190 e. The second-order valence-corrected chi connectivity index (χ2v) is 7.16. The summed E-state index contributed by atoms with van der Waals surface area (Å²) in [7, 11) is 0.251. The van der Waals surface area contributed by atoms with E-state index >= 15 is 0 Å². The van der Waals surface area contributed by atoms with E-state index in [2.05, 4.69) is 0 Å². The van der Waals surface area contributed by atoms with Crippen LogP contribution in [0.2, 0.25) is 0 Å². The molecule has 128 valence electrons. The molecule has 0 spiro atoms. The Kier molecular flexibility index (Phi) is 4.99. The lowest BCUT2D eigenvalue weighted by atomic mass is 10.3. The van der Waals surface area contributed by atoms with Gasteiger partial charge in [0.05, 0.1) is 18.0 Å². The van der Waals surface area contributed by atoms with Gasteiger partial charge in [0.25, 0.3) is 0 Å². The Morgan fingerprint density at radius 1 is 0.640 bits per heavy atom. The SMILES string of the molecule is COc1c(F)cc([S+](c2ccc(F)cc2)c2ccc(F)cc2)cc1F. The molecule has 1 nitrogen and oxygen atoms in total. The topological polar surface area (TPSA) is 9.23 Å². The minimum Gasteiger partial charge on any atom is -0.491 e. The van der Waals surface area contributed by atoms with Crippen LogP contribution in [0.1, 0.15) is 0 Å². The largest absolute Gasteiger partial charge is 0.491 e. The lowest BCUT2D eigenvalue weighted by Crippen LogP contribution is -2.07. The Morgan fingerprint density at radius 3 is 1.40 bits per heavy atom. The van der Waals surface area contributed by atoms with Gasteiger partial charge in [0.15, 0.2) is 32.1 Å². The molecule has 0 aromatic heterocycles. The van der Waals surface area contributed by atoms with Crippen molar-refractivity contribution in [1.82, 2.24) is 0 Å². The van der Waals surface area contributed by atoms with E-state index in [1.165, 1.54) is 43.5 Å². The molecule has 0 atom stereocenters. The molecular formula is C19H13F4OS+. The van der Waals surface area contributed by atoms with Crippen LogP contribution >= 0.6 is 0 Å². The Hall–Kier alpha value is -2.47. The van der Waals surface area contributed by atoms with Crippen molar-refractivity contribution in [2.75, 3.05) is 7.11 Å². The number of methoxy groups -OCH3 is 1. The third kappa shape index (κ3) is 3.64. The predicted octanol–water partition coefficient (Wildman–Crippen LogP) is 5.35. The minimum absolute atomic E-state index is 0.342. The van der Waals surface area contributed by atoms with E-state index in [-0.39, 0.29) is 0 Å². The molecule has 0 fully saturated rings. The zero-order valence-electron chi connectivity index (χ0n) is 13.1. The highest BCUT2D eigenvalue weighted by Crippen LogP contribution is 2.34. The number of benzene rings is 3. The van der Waals surface area contributed by atoms with Gasteiger partial charge >= 0.3 is 0 Å². The molecule has 3 aromatic carbocycles. The number of hydrogen-bond donors (Lipinski definition) is 0. The maximum atomic E-state index is 14.2. The lowest BCUT2D eigenvalue weighted by molar-refractivity contribution is 0.358. The van der Waals surface area contributed by atoms with E-state index in [9.17, 15) is 17.6 Å². The zero-order valence-corrected chi connectivity index (χ0v) is 13.9. The third-order valence-electron chi connectivity index (χ3n) is 3.51. The van der Waals surface area contributed by atoms with E-state index < -0.39 is 39.9 Å². The summed E-state index contributed by atoms with van der Waals surface area (Å²) in [5, 5.41) is 0. The van der Waals surface area contributed by atoms with Crippen LogP contribution in [0.3, 0.4) is 0 Å². The van der Waals surface area contributed by atoms with Crippen molar-refractivity contribution in [1.29, 1.82) is 0 Å². The number of hydrogen-bond acceptors (Lipinski definition) is 1. The normalized spacial score (nSPS) is 11.0. The van der Waals surface area contributed by atoms with Gasteiger partial charge in [-0.1, -0.05) is 0 Å². The van der Waals surface area contributed by atoms with Crippen molar-refractivity contribution < 1.29 is 22.3 Å². The van der Waals surface area contributed by atoms with Gasteiger partial charge in [-0.25, -0.2) is 17.6 Å². The van der Waals surface area contributed by atoms with Gasteiger partial charge in [-0.3, -0.25) is 0 Å². The van der Waals surface area contributed by atoms with Crippen LogP contribution in [-0.2, 0) is 10.9 Å². The summed E-state index contributed by atoms with van der Waals surface area (Å²) in [6, 6.07) is 13.6. The fourth-order valence-electron chi connectivity index (χ4n) is 2.40. The van der Waals surface area contributed by atoms with Crippen molar-refractivity contribution >= 4 is 10.9 Å². The van der Waals surface area contributed by atoms with Crippen molar-refractivity contribution in [3.05, 3.63) is 83.9 Å². The average Bonchev–Trinajstić information content (AvgIpc) is 2.58. The molecule has 0 aliphatic carbocycles. The van der Waals surface area contributed by atoms with Gasteiger partial charge in [-0.2, -0.15) is 0 Å². The first kappa shape index (κ1) is 17.4. The summed E-state index contributed by atoms with van der Waals surface area (Å²) >= 11 is 0. The van der Waals surface area contributed by atoms with Crippen LogP contribution in [-0.4, -0.2) is 7.11 Å². The summed E-state index contributed by atoms with van der Waals surface area (Å²) in [6.45, 7) is 0. The molecule has 0 radical (unpaired) electrons. The van der Waals surface area contributed by atoms with E-state index in [4.69, 9.17) is 4.74 Å². The summed E-state index contributed by atoms with van der Waals surface area (Å²) in [4.78, 5) is 1.64. The third-order valence-corrected chi connectivity index (χ3v) is 5.70. The molecule has 0 heterocycles. The molecular weight excluding hydrogens is 352 g/mol. The molecule has 0 aliphatic heterocycles. The summed E-state index contributed by atoms with van der Waals surface area (Å²) in [6.07, 6.45) is 0. The fraction of sp³-hybridized carbons (Fsp3) is 0.0526. The summed E-state index contributed by atoms with van der Waals surface area (Å²) in [5.74, 6) is -2.97. The van der Waals surface area contributed by atoms with Crippen molar-refractivity contribution in [3.63, 3.8) is 0 Å². The van der Waals surface area contributed by atoms with Crippen LogP contribution in [0.5, 0.6) is 5.75 Å². The van der Waals surface area contributed by atoms with Gasteiger partial charge in [0.2, 0.25) is 0 Å². The number of rotatable bonds is 4. The van der Waals surface area contributed by atoms with Gasteiger partial charge in [0, 0.05) is 12.1 Å². The molecule has 6 heteroatoms. The Labute approximate surface area is 145 Å². The van der Waals surface area contributed by atoms with E-state index in [1.807, 2.05) is 0 Å². The highest BCUT2D eigenvalue weighted by atomic mass is 32.2. The fourth-order valence-corrected chi connectivity index (χ4v) is 4.47. The maximum absolute atomic E-state index is 14.2. The highest BCUT2D eigenvalue weighted by molar-refractivity contribution is 7.97. The average molecular weight is 365 g/mol. The van der Waals surface area contributed by atoms with Gasteiger partial charge in [-0.15, -0.1) is 0 Å². The molecule has 0 unspecified atom stereocenters. The second kappa shape index (κ2) is 7.19. The van der Waals surface area contributed by atoms with Crippen LogP contribution in [0.15, 0.2) is 75.4 Å². The van der Waals surface area contributed by atoms with E-state index in [0.29, 0.717) is 14.7 Å². The lowest BCUT2D eigenvalue weighted by Gasteiger charge is -2.10. The predicted molar refractivity (Wildman–Crippen MR) is 87.9 cm³/mol. The maximum Gasteiger partial charge on any atom is 0.190 e. The Morgan fingerprint density at radius 2 is 1.04 bits per heavy atom. The molecule has 0 amide bonds. The van der Waals surface area contributed by atoms with Gasteiger partial charge in [-0.05, 0) is 48.5 Å². The molecule has 0 bridgehead atoms. The molecule has 0 saturated carbocycles. The number of ether oxygens (including phenoxy) is 1. The quantitative estimate of drug-likeness (QED) is 0.448. The van der Waals surface area contributed by atoms with Gasteiger partial charge < -0.3 is 4.74 Å². The first-order chi connectivity index (χ1) is 12.0. The monoisotopic (exact) mass is 365 g/mol. The molecule has 0 aliphatic rings. The highest BCUT2D eigenvalue weighted by Gasteiger charge is 2.31. The number of halogens is 4. The van der Waals surface area contributed by atoms with Crippen molar-refractivity contribution in [2.45, 2.75) is 14.7 Å². The summed E-state index contributed by atoms with van der Waals surface area (Å²) in [5.41, 5.74) is 0. The van der Waals surface area contributed by atoms with E-state index in [1.54, 1.807) is 24.3 Å². The van der Waals surface area contributed by atoms with Crippen LogP contribution in [0.4, 0.5) is 17.6 Å². The van der Waals surface area contributed by atoms with Crippen molar-refractivity contribution in [2.24, 2.45) is 0 Å². The second-order valence-electron chi connectivity index (χ2n) is 5.13. The molecule has 0 saturated heterocycles. The van der Waals surface area contributed by atoms with Crippen molar-refractivity contribution in [3.8, 4) is 5.75 Å². The van der Waals surface area contributed by atoms with E-state index in [0.717, 1.165) is 0 Å². The molecule has 0 N–H and O–H groups in total. The van der Waals surface area contributed by atoms with Crippen LogP contribution in [0.25, 0.3) is 0 Å². The summed E-state index contributed by atoms with van der Waals surface area (Å²) < 4.78 is 59.5. The van der Waals surface area contributed by atoms with Crippen LogP contribution < -0.4 is 4.74 Å². The Balaban J connectivity index is 2.17. The standard InChI is InChI=1S/C19H13F4OS/c1-24-19-17(22)10-16(11-18(19)23)25(14-6-2-12(20)3-7-14)15-8-4-13(21)5-9-15/h2-11H,1H3/q+1. The first-order valence-electron chi connectivity index (χ1n) is 7.28. The Bertz CT molecular complexity index is 810. The van der Waals surface area contributed by atoms with Gasteiger partial charge in [0.1, 0.15) is 11.6 Å². The minimum atomic E-state index is -0.931. The first-order valence-corrected chi connectivity index (χ1v) is 8.50. The molecule has 3 rings (SSSR count). The molecule has 25 heavy (non-hydrogen) atoms. The van der Waals surface area contributed by atoms with Crippen LogP contribution in [0, 0.1) is 23.3 Å². The molecule has 3 aromatic rings.